The molecule has 0 aliphatic heterocycles. The minimum atomic E-state index is -0.476. The van der Waals surface area contributed by atoms with Crippen LogP contribution in [0, 0.1) is 23.0 Å². The molecule has 0 bridgehead atoms. The van der Waals surface area contributed by atoms with E-state index in [0.717, 1.165) is 0 Å². The summed E-state index contributed by atoms with van der Waals surface area (Å²) in [5.41, 5.74) is 0.271. The van der Waals surface area contributed by atoms with Crippen LogP contribution in [-0.4, -0.2) is 7.05 Å². The van der Waals surface area contributed by atoms with Crippen LogP contribution in [0.5, 0.6) is 0 Å². The van der Waals surface area contributed by atoms with Crippen LogP contribution >= 0.6 is 0 Å². The molecule has 0 fully saturated rings. The molecule has 3 heteroatoms. The predicted molar refractivity (Wildman–Crippen MR) is 71.4 cm³/mol. The third-order valence-electron chi connectivity index (χ3n) is 3.76. The van der Waals surface area contributed by atoms with Gasteiger partial charge in [-0.1, -0.05) is 33.8 Å². The van der Waals surface area contributed by atoms with Crippen molar-refractivity contribution in [1.82, 2.24) is 5.32 Å². The van der Waals surface area contributed by atoms with Gasteiger partial charge in [0.15, 0.2) is 0 Å². The highest BCUT2D eigenvalue weighted by atomic mass is 19.1. The van der Waals surface area contributed by atoms with Gasteiger partial charge < -0.3 is 5.32 Å². The average molecular weight is 255 g/mol. The number of nitrogens with one attached hydrogen (secondary N) is 1. The van der Waals surface area contributed by atoms with Gasteiger partial charge in [0.25, 0.3) is 0 Å². The third kappa shape index (κ3) is 3.52. The molecular formula is C15H23F2N. The Kier molecular flexibility index (Phi) is 4.85. The summed E-state index contributed by atoms with van der Waals surface area (Å²) in [4.78, 5) is 0. The molecule has 102 valence electrons. The lowest BCUT2D eigenvalue weighted by molar-refractivity contribution is 0.223. The highest BCUT2D eigenvalue weighted by molar-refractivity contribution is 5.23. The number of hydrogen-bond donors (Lipinski definition) is 1. The molecule has 0 amide bonds. The highest BCUT2D eigenvalue weighted by Crippen LogP contribution is 2.34. The zero-order chi connectivity index (χ0) is 13.9. The van der Waals surface area contributed by atoms with Crippen molar-refractivity contribution in [2.45, 2.75) is 40.2 Å². The van der Waals surface area contributed by atoms with E-state index in [9.17, 15) is 8.78 Å². The van der Waals surface area contributed by atoms with Gasteiger partial charge in [0.1, 0.15) is 11.6 Å². The SMILES string of the molecule is CNC(CC(C)C(C)(C)C)c1c(F)cccc1F. The van der Waals surface area contributed by atoms with E-state index in [0.29, 0.717) is 12.3 Å². The zero-order valence-electron chi connectivity index (χ0n) is 11.8. The third-order valence-corrected chi connectivity index (χ3v) is 3.76. The van der Waals surface area contributed by atoms with E-state index in [2.05, 4.69) is 33.0 Å². The van der Waals surface area contributed by atoms with Crippen LogP contribution in [0.3, 0.4) is 0 Å². The summed E-state index contributed by atoms with van der Waals surface area (Å²) >= 11 is 0. The molecule has 2 atom stereocenters. The van der Waals surface area contributed by atoms with E-state index in [1.54, 1.807) is 7.05 Å². The van der Waals surface area contributed by atoms with E-state index in [1.165, 1.54) is 18.2 Å². The lowest BCUT2D eigenvalue weighted by atomic mass is 9.77. The molecule has 0 aliphatic rings. The summed E-state index contributed by atoms with van der Waals surface area (Å²) in [6, 6.07) is 3.73. The summed E-state index contributed by atoms with van der Waals surface area (Å²) in [5, 5.41) is 3.02. The van der Waals surface area contributed by atoms with Gasteiger partial charge in [-0.2, -0.15) is 0 Å². The molecule has 2 unspecified atom stereocenters. The van der Waals surface area contributed by atoms with Crippen LogP contribution in [0.2, 0.25) is 0 Å². The Balaban J connectivity index is 2.97. The van der Waals surface area contributed by atoms with Crippen molar-refractivity contribution in [3.8, 4) is 0 Å². The lowest BCUT2D eigenvalue weighted by Gasteiger charge is -2.31. The first-order chi connectivity index (χ1) is 8.27. The van der Waals surface area contributed by atoms with Crippen molar-refractivity contribution < 1.29 is 8.78 Å². The molecular weight excluding hydrogens is 232 g/mol. The van der Waals surface area contributed by atoms with E-state index >= 15 is 0 Å². The molecule has 1 N–H and O–H groups in total. The fourth-order valence-electron chi connectivity index (χ4n) is 1.93. The summed E-state index contributed by atoms with van der Waals surface area (Å²) in [6.45, 7) is 8.54. The second kappa shape index (κ2) is 5.79. The van der Waals surface area contributed by atoms with Crippen molar-refractivity contribution in [3.63, 3.8) is 0 Å². The Bertz CT molecular complexity index is 376. The number of rotatable bonds is 4. The lowest BCUT2D eigenvalue weighted by Crippen LogP contribution is -2.26. The monoisotopic (exact) mass is 255 g/mol. The van der Waals surface area contributed by atoms with Gasteiger partial charge in [0, 0.05) is 11.6 Å². The Morgan fingerprint density at radius 1 is 1.17 bits per heavy atom. The first-order valence-electron chi connectivity index (χ1n) is 6.38. The summed E-state index contributed by atoms with van der Waals surface area (Å²) in [7, 11) is 1.74. The van der Waals surface area contributed by atoms with Gasteiger partial charge in [-0.05, 0) is 36.9 Å². The molecule has 0 spiro atoms. The molecule has 1 aromatic rings. The fraction of sp³-hybridized carbons (Fsp3) is 0.600. The first-order valence-corrected chi connectivity index (χ1v) is 6.38. The van der Waals surface area contributed by atoms with Gasteiger partial charge in [-0.15, -0.1) is 0 Å². The van der Waals surface area contributed by atoms with Gasteiger partial charge >= 0.3 is 0 Å². The van der Waals surface area contributed by atoms with Gasteiger partial charge in [0.05, 0.1) is 0 Å². The van der Waals surface area contributed by atoms with Gasteiger partial charge in [-0.3, -0.25) is 0 Å². The highest BCUT2D eigenvalue weighted by Gasteiger charge is 2.26. The average Bonchev–Trinajstić information content (AvgIpc) is 2.25. The smallest absolute Gasteiger partial charge is 0.130 e. The Labute approximate surface area is 109 Å². The number of hydrogen-bond acceptors (Lipinski definition) is 1. The van der Waals surface area contributed by atoms with E-state index < -0.39 is 11.6 Å². The number of benzene rings is 1. The Hall–Kier alpha value is -0.960. The van der Waals surface area contributed by atoms with Crippen LogP contribution in [-0.2, 0) is 0 Å². The minimum absolute atomic E-state index is 0.122. The Morgan fingerprint density at radius 3 is 2.06 bits per heavy atom. The molecule has 0 aromatic heterocycles. The quantitative estimate of drug-likeness (QED) is 0.846. The molecule has 1 aromatic carbocycles. The van der Waals surface area contributed by atoms with E-state index in [1.807, 2.05) is 0 Å². The van der Waals surface area contributed by atoms with Crippen molar-refractivity contribution in [3.05, 3.63) is 35.4 Å². The number of halogens is 2. The van der Waals surface area contributed by atoms with Crippen LogP contribution in [0.1, 0.15) is 45.7 Å². The predicted octanol–water partition coefficient (Wildman–Crippen LogP) is 4.30. The Morgan fingerprint density at radius 2 is 1.67 bits per heavy atom. The van der Waals surface area contributed by atoms with Crippen molar-refractivity contribution >= 4 is 0 Å². The summed E-state index contributed by atoms with van der Waals surface area (Å²) in [5.74, 6) is -0.597. The molecule has 0 radical (unpaired) electrons. The van der Waals surface area contributed by atoms with E-state index in [4.69, 9.17) is 0 Å². The molecule has 1 nitrogen and oxygen atoms in total. The fourth-order valence-corrected chi connectivity index (χ4v) is 1.93. The normalized spacial score (nSPS) is 15.5. The molecule has 18 heavy (non-hydrogen) atoms. The van der Waals surface area contributed by atoms with Crippen LogP contribution < -0.4 is 5.32 Å². The minimum Gasteiger partial charge on any atom is -0.313 e. The molecule has 0 saturated carbocycles. The maximum Gasteiger partial charge on any atom is 0.130 e. The van der Waals surface area contributed by atoms with Crippen LogP contribution in [0.15, 0.2) is 18.2 Å². The standard InChI is InChI=1S/C15H23F2N/c1-10(15(2,3)4)9-13(18-5)14-11(16)7-6-8-12(14)17/h6-8,10,13,18H,9H2,1-5H3. The van der Waals surface area contributed by atoms with E-state index in [-0.39, 0.29) is 17.0 Å². The second-order valence-electron chi connectivity index (χ2n) is 5.98. The second-order valence-corrected chi connectivity index (χ2v) is 5.98. The summed E-state index contributed by atoms with van der Waals surface area (Å²) in [6.07, 6.45) is 0.706. The first kappa shape index (κ1) is 15.1. The largest absolute Gasteiger partial charge is 0.313 e. The van der Waals surface area contributed by atoms with Gasteiger partial charge in [-0.25, -0.2) is 8.78 Å². The maximum absolute atomic E-state index is 13.8. The molecule has 0 saturated heterocycles. The van der Waals surface area contributed by atoms with Crippen molar-refractivity contribution in [2.24, 2.45) is 11.3 Å². The van der Waals surface area contributed by atoms with Crippen LogP contribution in [0.4, 0.5) is 8.78 Å². The van der Waals surface area contributed by atoms with Gasteiger partial charge in [0.2, 0.25) is 0 Å². The molecule has 0 heterocycles. The maximum atomic E-state index is 13.8. The molecule has 0 aliphatic carbocycles. The zero-order valence-corrected chi connectivity index (χ0v) is 11.8. The topological polar surface area (TPSA) is 12.0 Å². The summed E-state index contributed by atoms with van der Waals surface area (Å²) < 4.78 is 27.5. The molecule has 1 rings (SSSR count). The van der Waals surface area contributed by atoms with Crippen LogP contribution in [0.25, 0.3) is 0 Å². The van der Waals surface area contributed by atoms with Crippen molar-refractivity contribution in [1.29, 1.82) is 0 Å². The van der Waals surface area contributed by atoms with Crippen molar-refractivity contribution in [2.75, 3.05) is 7.05 Å².